The van der Waals surface area contributed by atoms with Crippen LogP contribution in [0.3, 0.4) is 0 Å². The number of aromatic nitrogens is 2. The lowest BCUT2D eigenvalue weighted by atomic mass is 9.98. The zero-order valence-corrected chi connectivity index (χ0v) is 13.2. The van der Waals surface area contributed by atoms with Gasteiger partial charge in [0.2, 0.25) is 5.95 Å². The smallest absolute Gasteiger partial charge is 0.240 e. The molecule has 0 amide bonds. The summed E-state index contributed by atoms with van der Waals surface area (Å²) in [5.74, 6) is 7.63. The highest BCUT2D eigenvalue weighted by Crippen LogP contribution is 2.33. The number of fused-ring (bicyclic) bond motifs is 1. The lowest BCUT2D eigenvalue weighted by Crippen LogP contribution is -2.35. The van der Waals surface area contributed by atoms with Crippen LogP contribution in [-0.4, -0.2) is 36.8 Å². The van der Waals surface area contributed by atoms with E-state index in [4.69, 9.17) is 10.6 Å². The van der Waals surface area contributed by atoms with Gasteiger partial charge >= 0.3 is 0 Å². The number of anilines is 2. The van der Waals surface area contributed by atoms with Crippen molar-refractivity contribution in [3.05, 3.63) is 10.9 Å². The van der Waals surface area contributed by atoms with Crippen molar-refractivity contribution < 1.29 is 4.74 Å². The van der Waals surface area contributed by atoms with Crippen LogP contribution in [0.25, 0.3) is 10.2 Å². The van der Waals surface area contributed by atoms with E-state index in [-0.39, 0.29) is 0 Å². The van der Waals surface area contributed by atoms with E-state index < -0.39 is 0 Å². The first kappa shape index (κ1) is 14.5. The molecule has 7 heteroatoms. The highest BCUT2D eigenvalue weighted by molar-refractivity contribution is 7.18. The lowest BCUT2D eigenvalue weighted by Gasteiger charge is -2.32. The lowest BCUT2D eigenvalue weighted by molar-refractivity contribution is 0.139. The van der Waals surface area contributed by atoms with E-state index in [1.54, 1.807) is 18.4 Å². The Balaban J connectivity index is 1.89. The highest BCUT2D eigenvalue weighted by atomic mass is 32.1. The van der Waals surface area contributed by atoms with Crippen LogP contribution in [0, 0.1) is 12.8 Å². The molecule has 1 aliphatic heterocycles. The summed E-state index contributed by atoms with van der Waals surface area (Å²) in [6.07, 6.45) is 2.27. The van der Waals surface area contributed by atoms with Crippen molar-refractivity contribution in [1.82, 2.24) is 9.97 Å². The van der Waals surface area contributed by atoms with Crippen molar-refractivity contribution >= 4 is 33.3 Å². The van der Waals surface area contributed by atoms with Gasteiger partial charge in [-0.2, -0.15) is 4.98 Å². The molecule has 0 bridgehead atoms. The summed E-state index contributed by atoms with van der Waals surface area (Å²) >= 11 is 1.68. The van der Waals surface area contributed by atoms with E-state index in [2.05, 4.69) is 33.3 Å². The number of piperidine rings is 1. The normalized spacial score (nSPS) is 16.6. The number of thiophene rings is 1. The standard InChI is InChI=1S/C14H21N5OS/c1-9-7-11-12(16-14(18-15)17-13(11)21-9)19-5-3-10(4-6-19)8-20-2/h7,10H,3-6,8,15H2,1-2H3,(H,16,17,18). The average molecular weight is 307 g/mol. The Morgan fingerprint density at radius 2 is 2.19 bits per heavy atom. The second-order valence-corrected chi connectivity index (χ2v) is 6.71. The summed E-state index contributed by atoms with van der Waals surface area (Å²) < 4.78 is 5.26. The molecule has 3 N–H and O–H groups in total. The number of nitrogens with two attached hydrogens (primary N) is 1. The maximum atomic E-state index is 5.50. The van der Waals surface area contributed by atoms with Gasteiger partial charge in [-0.25, -0.2) is 10.8 Å². The molecule has 2 aromatic heterocycles. The highest BCUT2D eigenvalue weighted by Gasteiger charge is 2.23. The molecule has 3 heterocycles. The predicted octanol–water partition coefficient (Wildman–Crippen LogP) is 2.15. The number of methoxy groups -OCH3 is 1. The molecule has 0 spiro atoms. The zero-order chi connectivity index (χ0) is 14.8. The summed E-state index contributed by atoms with van der Waals surface area (Å²) in [7, 11) is 1.77. The number of nitrogens with one attached hydrogen (secondary N) is 1. The van der Waals surface area contributed by atoms with Crippen LogP contribution in [0.5, 0.6) is 0 Å². The van der Waals surface area contributed by atoms with Crippen molar-refractivity contribution in [1.29, 1.82) is 0 Å². The van der Waals surface area contributed by atoms with Gasteiger partial charge in [0, 0.05) is 31.7 Å². The van der Waals surface area contributed by atoms with E-state index in [1.807, 2.05) is 0 Å². The molecule has 0 radical (unpaired) electrons. The van der Waals surface area contributed by atoms with Crippen molar-refractivity contribution in [2.24, 2.45) is 11.8 Å². The second-order valence-electron chi connectivity index (χ2n) is 5.48. The number of hydrazine groups is 1. The molecular formula is C14H21N5OS. The zero-order valence-electron chi connectivity index (χ0n) is 12.4. The third kappa shape index (κ3) is 2.95. The van der Waals surface area contributed by atoms with Crippen LogP contribution in [0.4, 0.5) is 11.8 Å². The van der Waals surface area contributed by atoms with Crippen molar-refractivity contribution in [2.45, 2.75) is 19.8 Å². The molecule has 1 aliphatic rings. The van der Waals surface area contributed by atoms with E-state index >= 15 is 0 Å². The van der Waals surface area contributed by atoms with Crippen molar-refractivity contribution in [3.63, 3.8) is 0 Å². The molecule has 0 saturated carbocycles. The molecule has 114 valence electrons. The first-order valence-corrected chi connectivity index (χ1v) is 8.01. The summed E-state index contributed by atoms with van der Waals surface area (Å²) in [5.41, 5.74) is 2.57. The fourth-order valence-corrected chi connectivity index (χ4v) is 3.75. The van der Waals surface area contributed by atoms with Crippen LogP contribution in [0.2, 0.25) is 0 Å². The van der Waals surface area contributed by atoms with E-state index in [1.165, 1.54) is 4.88 Å². The van der Waals surface area contributed by atoms with Crippen LogP contribution in [0.15, 0.2) is 6.07 Å². The second kappa shape index (κ2) is 6.13. The Kier molecular flexibility index (Phi) is 4.23. The van der Waals surface area contributed by atoms with Crippen LogP contribution < -0.4 is 16.2 Å². The topological polar surface area (TPSA) is 76.3 Å². The first-order valence-electron chi connectivity index (χ1n) is 7.20. The van der Waals surface area contributed by atoms with Gasteiger partial charge < -0.3 is 9.64 Å². The molecule has 1 fully saturated rings. The number of hydrogen-bond donors (Lipinski definition) is 2. The van der Waals surface area contributed by atoms with Gasteiger partial charge in [-0.1, -0.05) is 0 Å². The quantitative estimate of drug-likeness (QED) is 0.666. The summed E-state index contributed by atoms with van der Waals surface area (Å²) in [4.78, 5) is 13.6. The van der Waals surface area contributed by atoms with Gasteiger partial charge in [-0.15, -0.1) is 11.3 Å². The van der Waals surface area contributed by atoms with E-state index in [9.17, 15) is 0 Å². The van der Waals surface area contributed by atoms with Gasteiger partial charge in [-0.3, -0.25) is 5.43 Å². The number of nitrogen functional groups attached to an aromatic ring is 1. The fraction of sp³-hybridized carbons (Fsp3) is 0.571. The minimum atomic E-state index is 0.485. The Morgan fingerprint density at radius 3 is 2.86 bits per heavy atom. The van der Waals surface area contributed by atoms with Gasteiger partial charge in [0.15, 0.2) is 0 Å². The molecule has 1 saturated heterocycles. The van der Waals surface area contributed by atoms with Crippen LogP contribution in [0.1, 0.15) is 17.7 Å². The van der Waals surface area contributed by atoms with Crippen LogP contribution in [-0.2, 0) is 4.74 Å². The maximum absolute atomic E-state index is 5.50. The van der Waals surface area contributed by atoms with E-state index in [0.717, 1.165) is 48.6 Å². The molecule has 0 atom stereocenters. The Bertz CT molecular complexity index is 621. The summed E-state index contributed by atoms with van der Waals surface area (Å²) in [6.45, 7) is 4.94. The minimum Gasteiger partial charge on any atom is -0.384 e. The molecule has 0 aliphatic carbocycles. The summed E-state index contributed by atoms with van der Waals surface area (Å²) in [6, 6.07) is 2.16. The van der Waals surface area contributed by atoms with Crippen molar-refractivity contribution in [2.75, 3.05) is 37.1 Å². The molecule has 21 heavy (non-hydrogen) atoms. The van der Waals surface area contributed by atoms with Gasteiger partial charge in [0.05, 0.1) is 5.39 Å². The van der Waals surface area contributed by atoms with Crippen LogP contribution >= 0.6 is 11.3 Å². The fourth-order valence-electron chi connectivity index (χ4n) is 2.88. The Labute approximate surface area is 128 Å². The van der Waals surface area contributed by atoms with Gasteiger partial charge in [0.1, 0.15) is 10.6 Å². The van der Waals surface area contributed by atoms with Gasteiger partial charge in [0.25, 0.3) is 0 Å². The number of ether oxygens (including phenoxy) is 1. The molecule has 3 rings (SSSR count). The third-order valence-electron chi connectivity index (χ3n) is 3.94. The number of hydrogen-bond acceptors (Lipinski definition) is 7. The summed E-state index contributed by atoms with van der Waals surface area (Å²) in [5, 5.41) is 1.13. The SMILES string of the molecule is COCC1CCN(c2nc(NN)nc3sc(C)cc23)CC1. The first-order chi connectivity index (χ1) is 10.2. The van der Waals surface area contributed by atoms with Gasteiger partial charge in [-0.05, 0) is 31.7 Å². The molecule has 6 nitrogen and oxygen atoms in total. The molecule has 0 aromatic carbocycles. The Morgan fingerprint density at radius 1 is 1.43 bits per heavy atom. The average Bonchev–Trinajstić information content (AvgIpc) is 2.87. The molecule has 0 unspecified atom stereocenters. The van der Waals surface area contributed by atoms with E-state index in [0.29, 0.717) is 11.9 Å². The minimum absolute atomic E-state index is 0.485. The monoisotopic (exact) mass is 307 g/mol. The number of nitrogens with zero attached hydrogens (tertiary/aromatic N) is 3. The number of rotatable bonds is 4. The largest absolute Gasteiger partial charge is 0.384 e. The van der Waals surface area contributed by atoms with Crippen molar-refractivity contribution in [3.8, 4) is 0 Å². The maximum Gasteiger partial charge on any atom is 0.240 e. The Hall–Kier alpha value is -1.44. The molecule has 2 aromatic rings. The molecular weight excluding hydrogens is 286 g/mol. The number of aryl methyl sites for hydroxylation is 1. The third-order valence-corrected chi connectivity index (χ3v) is 4.89. The predicted molar refractivity (Wildman–Crippen MR) is 86.8 cm³/mol.